The van der Waals surface area contributed by atoms with E-state index >= 15 is 0 Å². The number of ether oxygens (including phenoxy) is 1. The molecule has 10 heteroatoms. The van der Waals surface area contributed by atoms with Gasteiger partial charge in [0.25, 0.3) is 10.0 Å². The van der Waals surface area contributed by atoms with E-state index in [1.54, 1.807) is 43.3 Å². The van der Waals surface area contributed by atoms with E-state index in [2.05, 4.69) is 5.32 Å². The van der Waals surface area contributed by atoms with Crippen molar-refractivity contribution in [2.75, 3.05) is 22.8 Å². The molecular weight excluding hydrogens is 496 g/mol. The number of nitrogens with one attached hydrogen (secondary N) is 1. The topological polar surface area (TPSA) is 92.8 Å². The fourth-order valence-corrected chi connectivity index (χ4v) is 6.79. The number of nitrogens with zero attached hydrogens (tertiary/aromatic N) is 1. The summed E-state index contributed by atoms with van der Waals surface area (Å²) in [4.78, 5) is 26.8. The summed E-state index contributed by atoms with van der Waals surface area (Å²) in [6.07, 6.45) is 2.52. The van der Waals surface area contributed by atoms with Gasteiger partial charge in [0.2, 0.25) is 5.91 Å². The fourth-order valence-electron chi connectivity index (χ4n) is 3.87. The molecule has 34 heavy (non-hydrogen) atoms. The van der Waals surface area contributed by atoms with Crippen molar-refractivity contribution in [3.63, 3.8) is 0 Å². The van der Waals surface area contributed by atoms with Crippen molar-refractivity contribution in [3.05, 3.63) is 75.6 Å². The van der Waals surface area contributed by atoms with E-state index in [9.17, 15) is 18.0 Å². The zero-order valence-corrected chi connectivity index (χ0v) is 20.8. The minimum Gasteiger partial charge on any atom is -0.462 e. The molecule has 0 saturated heterocycles. The number of fused-ring (bicyclic) bond motifs is 1. The average molecular weight is 519 g/mol. The standard InChI is InChI=1S/C24H23ClN2O5S2/c1-2-32-24(29)22-19-12-7-13-20(19)33-23(22)26-21(28)15-27(17-9-6-8-16(25)14-17)34(30,31)18-10-4-3-5-11-18/h3-6,8-11,14H,2,7,12-13,15H2,1H3,(H,26,28). The second kappa shape index (κ2) is 10.2. The molecule has 1 heterocycles. The van der Waals surface area contributed by atoms with Gasteiger partial charge in [-0.3, -0.25) is 9.10 Å². The number of thiophene rings is 1. The number of anilines is 2. The van der Waals surface area contributed by atoms with Gasteiger partial charge in [-0.15, -0.1) is 11.3 Å². The van der Waals surface area contributed by atoms with Crippen molar-refractivity contribution in [1.29, 1.82) is 0 Å². The summed E-state index contributed by atoms with van der Waals surface area (Å²) in [5.74, 6) is -1.06. The van der Waals surface area contributed by atoms with Crippen LogP contribution in [-0.2, 0) is 32.4 Å². The van der Waals surface area contributed by atoms with Gasteiger partial charge >= 0.3 is 5.97 Å². The second-order valence-electron chi connectivity index (χ2n) is 7.63. The maximum absolute atomic E-state index is 13.4. The lowest BCUT2D eigenvalue weighted by Crippen LogP contribution is -2.38. The summed E-state index contributed by atoms with van der Waals surface area (Å²) in [6.45, 7) is 1.44. The monoisotopic (exact) mass is 518 g/mol. The zero-order chi connectivity index (χ0) is 24.3. The molecule has 3 aromatic rings. The minimum absolute atomic E-state index is 0.0464. The first kappa shape index (κ1) is 24.3. The number of aryl methyl sites for hydroxylation is 1. The number of carbonyl (C=O) groups is 2. The van der Waals surface area contributed by atoms with Crippen LogP contribution in [0.3, 0.4) is 0 Å². The summed E-state index contributed by atoms with van der Waals surface area (Å²) < 4.78 is 33.1. The predicted molar refractivity (Wildman–Crippen MR) is 133 cm³/mol. The van der Waals surface area contributed by atoms with Gasteiger partial charge in [-0.1, -0.05) is 35.9 Å². The van der Waals surface area contributed by atoms with Crippen molar-refractivity contribution in [1.82, 2.24) is 0 Å². The maximum Gasteiger partial charge on any atom is 0.341 e. The summed E-state index contributed by atoms with van der Waals surface area (Å²) in [5, 5.41) is 3.48. The molecule has 0 unspecified atom stereocenters. The molecule has 178 valence electrons. The highest BCUT2D eigenvalue weighted by atomic mass is 35.5. The Morgan fingerprint density at radius 3 is 2.59 bits per heavy atom. The van der Waals surface area contributed by atoms with E-state index in [0.29, 0.717) is 15.6 Å². The molecule has 2 aromatic carbocycles. The van der Waals surface area contributed by atoms with Gasteiger partial charge in [-0.2, -0.15) is 0 Å². The van der Waals surface area contributed by atoms with Crippen LogP contribution >= 0.6 is 22.9 Å². The van der Waals surface area contributed by atoms with Crippen LogP contribution in [0, 0.1) is 0 Å². The van der Waals surface area contributed by atoms with E-state index in [1.165, 1.54) is 29.5 Å². The minimum atomic E-state index is -4.06. The maximum atomic E-state index is 13.4. The second-order valence-corrected chi connectivity index (χ2v) is 11.0. The van der Waals surface area contributed by atoms with Gasteiger partial charge in [0.15, 0.2) is 0 Å². The van der Waals surface area contributed by atoms with Crippen molar-refractivity contribution in [2.45, 2.75) is 31.1 Å². The Labute approximate surface area is 207 Å². The SMILES string of the molecule is CCOC(=O)c1c(NC(=O)CN(c2cccc(Cl)c2)S(=O)(=O)c2ccccc2)sc2c1CCC2. The van der Waals surface area contributed by atoms with E-state index in [-0.39, 0.29) is 17.2 Å². The van der Waals surface area contributed by atoms with Gasteiger partial charge < -0.3 is 10.1 Å². The molecule has 1 aromatic heterocycles. The number of hydrogen-bond donors (Lipinski definition) is 1. The Hall–Kier alpha value is -2.88. The Bertz CT molecular complexity index is 1320. The zero-order valence-electron chi connectivity index (χ0n) is 18.4. The molecule has 0 bridgehead atoms. The third-order valence-corrected chi connectivity index (χ3v) is 8.60. The van der Waals surface area contributed by atoms with Gasteiger partial charge in [0, 0.05) is 9.90 Å². The van der Waals surface area contributed by atoms with E-state index in [4.69, 9.17) is 16.3 Å². The average Bonchev–Trinajstić information content (AvgIpc) is 3.39. The van der Waals surface area contributed by atoms with Gasteiger partial charge in [0.1, 0.15) is 11.5 Å². The quantitative estimate of drug-likeness (QED) is 0.428. The summed E-state index contributed by atoms with van der Waals surface area (Å²) in [7, 11) is -4.06. The smallest absolute Gasteiger partial charge is 0.341 e. The first-order chi connectivity index (χ1) is 16.3. The molecule has 0 aliphatic heterocycles. The fraction of sp³-hybridized carbons (Fsp3) is 0.250. The van der Waals surface area contributed by atoms with Crippen LogP contribution in [0.2, 0.25) is 5.02 Å². The Morgan fingerprint density at radius 1 is 1.12 bits per heavy atom. The van der Waals surface area contributed by atoms with Crippen molar-refractivity contribution in [2.24, 2.45) is 0 Å². The van der Waals surface area contributed by atoms with Gasteiger partial charge in [-0.05, 0) is 62.1 Å². The Balaban J connectivity index is 1.66. The van der Waals surface area contributed by atoms with Crippen LogP contribution in [0.15, 0.2) is 59.5 Å². The summed E-state index contributed by atoms with van der Waals surface area (Å²) in [5.41, 5.74) is 1.53. The van der Waals surface area contributed by atoms with Crippen molar-refractivity contribution in [3.8, 4) is 0 Å². The highest BCUT2D eigenvalue weighted by molar-refractivity contribution is 7.92. The molecule has 1 N–H and O–H groups in total. The Kier molecular flexibility index (Phi) is 7.25. The third kappa shape index (κ3) is 4.96. The molecule has 0 radical (unpaired) electrons. The van der Waals surface area contributed by atoms with Crippen molar-refractivity contribution < 1.29 is 22.7 Å². The molecule has 1 aliphatic carbocycles. The number of esters is 1. The molecule has 0 fully saturated rings. The van der Waals surface area contributed by atoms with Gasteiger partial charge in [0.05, 0.1) is 22.8 Å². The third-order valence-electron chi connectivity index (χ3n) is 5.37. The molecular formula is C24H23ClN2O5S2. The van der Waals surface area contributed by atoms with E-state index < -0.39 is 28.4 Å². The lowest BCUT2D eigenvalue weighted by molar-refractivity contribution is -0.114. The van der Waals surface area contributed by atoms with Gasteiger partial charge in [-0.25, -0.2) is 13.2 Å². The highest BCUT2D eigenvalue weighted by Gasteiger charge is 2.31. The Morgan fingerprint density at radius 2 is 1.88 bits per heavy atom. The molecule has 0 saturated carbocycles. The number of halogens is 1. The number of sulfonamides is 1. The van der Waals surface area contributed by atoms with Crippen LogP contribution in [0.5, 0.6) is 0 Å². The molecule has 0 spiro atoms. The largest absolute Gasteiger partial charge is 0.462 e. The number of hydrogen-bond acceptors (Lipinski definition) is 6. The lowest BCUT2D eigenvalue weighted by Gasteiger charge is -2.24. The van der Waals surface area contributed by atoms with E-state index in [0.717, 1.165) is 34.0 Å². The van der Waals surface area contributed by atoms with Crippen LogP contribution < -0.4 is 9.62 Å². The first-order valence-corrected chi connectivity index (χ1v) is 13.4. The number of carbonyl (C=O) groups excluding carboxylic acids is 2. The lowest BCUT2D eigenvalue weighted by atomic mass is 10.1. The first-order valence-electron chi connectivity index (χ1n) is 10.8. The molecule has 1 aliphatic rings. The van der Waals surface area contributed by atoms with E-state index in [1.807, 2.05) is 0 Å². The van der Waals surface area contributed by atoms with Crippen molar-refractivity contribution >= 4 is 55.5 Å². The predicted octanol–water partition coefficient (Wildman–Crippen LogP) is 4.90. The molecule has 7 nitrogen and oxygen atoms in total. The number of rotatable bonds is 8. The number of amides is 1. The van der Waals surface area contributed by atoms with Crippen LogP contribution in [0.1, 0.15) is 34.1 Å². The number of benzene rings is 2. The summed E-state index contributed by atoms with van der Waals surface area (Å²) in [6, 6.07) is 14.2. The molecule has 1 amide bonds. The molecule has 4 rings (SSSR count). The van der Waals surface area contributed by atoms with Crippen LogP contribution in [0.4, 0.5) is 10.7 Å². The molecule has 0 atom stereocenters. The normalized spacial score (nSPS) is 12.8. The summed E-state index contributed by atoms with van der Waals surface area (Å²) >= 11 is 7.45. The van der Waals surface area contributed by atoms with Crippen LogP contribution in [0.25, 0.3) is 0 Å². The highest BCUT2D eigenvalue weighted by Crippen LogP contribution is 2.39. The van der Waals surface area contributed by atoms with Crippen LogP contribution in [-0.4, -0.2) is 33.4 Å².